The summed E-state index contributed by atoms with van der Waals surface area (Å²) in [5.41, 5.74) is 1.42. The molecule has 88 valence electrons. The molecule has 2 rings (SSSR count). The van der Waals surface area contributed by atoms with Crippen LogP contribution in [0.5, 0.6) is 5.75 Å². The number of hydrogen-bond acceptors (Lipinski definition) is 3. The summed E-state index contributed by atoms with van der Waals surface area (Å²) in [4.78, 5) is 18.0. The van der Waals surface area contributed by atoms with E-state index >= 15 is 0 Å². The summed E-state index contributed by atoms with van der Waals surface area (Å²) in [5.74, 6) is -0.197. The van der Waals surface area contributed by atoms with E-state index in [0.717, 1.165) is 0 Å². The van der Waals surface area contributed by atoms with Crippen molar-refractivity contribution in [1.29, 1.82) is 0 Å². The predicted molar refractivity (Wildman–Crippen MR) is 61.5 cm³/mol. The third kappa shape index (κ3) is 2.04. The molecule has 0 spiro atoms. The smallest absolute Gasteiger partial charge is 0.293 e. The number of nitrogens with one attached hydrogen (secondary N) is 1. The highest BCUT2D eigenvalue weighted by molar-refractivity contribution is 5.68. The number of aromatic amines is 1. The average Bonchev–Trinajstić information content (AvgIpc) is 2.29. The van der Waals surface area contributed by atoms with Crippen molar-refractivity contribution in [3.8, 4) is 17.0 Å². The minimum absolute atomic E-state index is 0.127. The molecule has 17 heavy (non-hydrogen) atoms. The second-order valence-electron chi connectivity index (χ2n) is 3.57. The monoisotopic (exact) mass is 234 g/mol. The van der Waals surface area contributed by atoms with E-state index in [2.05, 4.69) is 9.97 Å². The van der Waals surface area contributed by atoms with Gasteiger partial charge in [0.25, 0.3) is 5.56 Å². The molecule has 0 fully saturated rings. The molecule has 2 aromatic rings. The van der Waals surface area contributed by atoms with Crippen molar-refractivity contribution >= 4 is 0 Å². The van der Waals surface area contributed by atoms with E-state index in [1.165, 1.54) is 25.6 Å². The molecule has 0 bridgehead atoms. The van der Waals surface area contributed by atoms with Gasteiger partial charge in [-0.25, -0.2) is 9.37 Å². The van der Waals surface area contributed by atoms with Gasteiger partial charge in [-0.15, -0.1) is 0 Å². The zero-order valence-corrected chi connectivity index (χ0v) is 9.45. The maximum absolute atomic E-state index is 13.0. The molecular weight excluding hydrogens is 223 g/mol. The van der Waals surface area contributed by atoms with E-state index in [1.807, 2.05) is 0 Å². The van der Waals surface area contributed by atoms with Crippen LogP contribution in [0.25, 0.3) is 11.3 Å². The number of aryl methyl sites for hydroxylation is 1. The molecule has 0 saturated carbocycles. The van der Waals surface area contributed by atoms with Crippen LogP contribution < -0.4 is 10.3 Å². The first-order valence-corrected chi connectivity index (χ1v) is 5.01. The van der Waals surface area contributed by atoms with Crippen molar-refractivity contribution in [2.24, 2.45) is 0 Å². The van der Waals surface area contributed by atoms with Gasteiger partial charge in [-0.1, -0.05) is 0 Å². The normalized spacial score (nSPS) is 10.3. The van der Waals surface area contributed by atoms with Crippen LogP contribution in [0, 0.1) is 12.7 Å². The van der Waals surface area contributed by atoms with E-state index in [-0.39, 0.29) is 17.1 Å². The molecule has 0 atom stereocenters. The maximum Gasteiger partial charge on any atom is 0.293 e. The zero-order chi connectivity index (χ0) is 12.4. The number of H-pyrrole nitrogens is 1. The van der Waals surface area contributed by atoms with Gasteiger partial charge in [-0.3, -0.25) is 4.79 Å². The van der Waals surface area contributed by atoms with Gasteiger partial charge in [-0.05, 0) is 30.7 Å². The topological polar surface area (TPSA) is 55.0 Å². The van der Waals surface area contributed by atoms with Crippen LogP contribution in [0.15, 0.2) is 29.3 Å². The Morgan fingerprint density at radius 1 is 1.41 bits per heavy atom. The number of benzene rings is 1. The van der Waals surface area contributed by atoms with E-state index in [4.69, 9.17) is 4.74 Å². The summed E-state index contributed by atoms with van der Waals surface area (Å²) in [5, 5.41) is 0. The predicted octanol–water partition coefficient (Wildman–Crippen LogP) is 1.89. The van der Waals surface area contributed by atoms with Gasteiger partial charge in [-0.2, -0.15) is 0 Å². The number of ether oxygens (including phenoxy) is 1. The van der Waals surface area contributed by atoms with Crippen molar-refractivity contribution in [2.75, 3.05) is 7.11 Å². The molecule has 1 N–H and O–H groups in total. The summed E-state index contributed by atoms with van der Waals surface area (Å²) in [6.07, 6.45) is 1.29. The summed E-state index contributed by atoms with van der Waals surface area (Å²) in [6, 6.07) is 4.29. The first-order valence-electron chi connectivity index (χ1n) is 5.01. The number of aromatic nitrogens is 2. The zero-order valence-electron chi connectivity index (χ0n) is 9.45. The Morgan fingerprint density at radius 2 is 2.18 bits per heavy atom. The van der Waals surface area contributed by atoms with Crippen LogP contribution in [0.3, 0.4) is 0 Å². The Morgan fingerprint density at radius 3 is 2.82 bits per heavy atom. The van der Waals surface area contributed by atoms with E-state index < -0.39 is 0 Å². The van der Waals surface area contributed by atoms with Crippen molar-refractivity contribution < 1.29 is 9.13 Å². The maximum atomic E-state index is 13.0. The Labute approximate surface area is 97.1 Å². The third-order valence-corrected chi connectivity index (χ3v) is 2.46. The van der Waals surface area contributed by atoms with Crippen molar-refractivity contribution in [3.63, 3.8) is 0 Å². The van der Waals surface area contributed by atoms with Crippen LogP contribution in [-0.2, 0) is 0 Å². The molecule has 1 aromatic heterocycles. The minimum atomic E-state index is -0.360. The fourth-order valence-electron chi connectivity index (χ4n) is 1.66. The van der Waals surface area contributed by atoms with Gasteiger partial charge < -0.3 is 9.72 Å². The lowest BCUT2D eigenvalue weighted by Crippen LogP contribution is -2.11. The van der Waals surface area contributed by atoms with Crippen molar-refractivity contribution in [2.45, 2.75) is 6.92 Å². The number of hydrogen-bond donors (Lipinski definition) is 1. The number of halogens is 1. The molecule has 0 unspecified atom stereocenters. The Bertz CT molecular complexity index is 608. The van der Waals surface area contributed by atoms with E-state index in [1.54, 1.807) is 13.0 Å². The first-order chi connectivity index (χ1) is 8.13. The van der Waals surface area contributed by atoms with Crippen molar-refractivity contribution in [3.05, 3.63) is 46.3 Å². The molecule has 1 heterocycles. The number of rotatable bonds is 2. The summed E-state index contributed by atoms with van der Waals surface area (Å²) >= 11 is 0. The molecule has 4 nitrogen and oxygen atoms in total. The highest BCUT2D eigenvalue weighted by atomic mass is 19.1. The molecule has 0 radical (unpaired) electrons. The lowest BCUT2D eigenvalue weighted by atomic mass is 10.0. The van der Waals surface area contributed by atoms with Gasteiger partial charge in [0.2, 0.25) is 5.75 Å². The average molecular weight is 234 g/mol. The third-order valence-electron chi connectivity index (χ3n) is 2.46. The minimum Gasteiger partial charge on any atom is -0.490 e. The van der Waals surface area contributed by atoms with Crippen LogP contribution in [0.1, 0.15) is 5.56 Å². The highest BCUT2D eigenvalue weighted by Gasteiger charge is 2.13. The largest absolute Gasteiger partial charge is 0.490 e. The molecule has 5 heteroatoms. The summed E-state index contributed by atoms with van der Waals surface area (Å²) in [6.45, 7) is 1.75. The van der Waals surface area contributed by atoms with Gasteiger partial charge in [0, 0.05) is 5.56 Å². The molecule has 0 aliphatic heterocycles. The second kappa shape index (κ2) is 4.37. The lowest BCUT2D eigenvalue weighted by Gasteiger charge is -2.08. The van der Waals surface area contributed by atoms with Gasteiger partial charge in [0.1, 0.15) is 11.5 Å². The Balaban J connectivity index is 2.68. The molecule has 0 aliphatic rings. The molecule has 0 saturated heterocycles. The number of nitrogens with zero attached hydrogens (tertiary/aromatic N) is 1. The van der Waals surface area contributed by atoms with Crippen LogP contribution in [-0.4, -0.2) is 17.1 Å². The summed E-state index contributed by atoms with van der Waals surface area (Å²) < 4.78 is 18.0. The molecule has 1 aromatic carbocycles. The Kier molecular flexibility index (Phi) is 2.91. The van der Waals surface area contributed by atoms with Crippen LogP contribution >= 0.6 is 0 Å². The SMILES string of the molecule is COc1c(-c2ccc(F)cc2C)nc[nH]c1=O. The quantitative estimate of drug-likeness (QED) is 0.863. The fourth-order valence-corrected chi connectivity index (χ4v) is 1.66. The lowest BCUT2D eigenvalue weighted by molar-refractivity contribution is 0.408. The van der Waals surface area contributed by atoms with E-state index in [0.29, 0.717) is 16.8 Å². The highest BCUT2D eigenvalue weighted by Crippen LogP contribution is 2.27. The fraction of sp³-hybridized carbons (Fsp3) is 0.167. The van der Waals surface area contributed by atoms with E-state index in [9.17, 15) is 9.18 Å². The van der Waals surface area contributed by atoms with Gasteiger partial charge in [0.05, 0.1) is 13.4 Å². The number of methoxy groups -OCH3 is 1. The molecule has 0 amide bonds. The standard InChI is InChI=1S/C12H11FN2O2/c1-7-5-8(13)3-4-9(7)10-11(17-2)12(16)15-6-14-10/h3-6H,1-2H3,(H,14,15,16). The second-order valence-corrected chi connectivity index (χ2v) is 3.57. The first kappa shape index (κ1) is 11.3. The van der Waals surface area contributed by atoms with Crippen molar-refractivity contribution in [1.82, 2.24) is 9.97 Å². The molecule has 0 aliphatic carbocycles. The molecular formula is C12H11FN2O2. The Hall–Kier alpha value is -2.17. The van der Waals surface area contributed by atoms with Gasteiger partial charge >= 0.3 is 0 Å². The van der Waals surface area contributed by atoms with Crippen LogP contribution in [0.4, 0.5) is 4.39 Å². The van der Waals surface area contributed by atoms with Crippen LogP contribution in [0.2, 0.25) is 0 Å². The van der Waals surface area contributed by atoms with Gasteiger partial charge in [0.15, 0.2) is 0 Å². The summed E-state index contributed by atoms with van der Waals surface area (Å²) in [7, 11) is 1.40.